The minimum Gasteiger partial charge on any atom is -0.461 e. The summed E-state index contributed by atoms with van der Waals surface area (Å²) in [5.41, 5.74) is 2.86. The van der Waals surface area contributed by atoms with E-state index in [1.165, 1.54) is 5.56 Å². The van der Waals surface area contributed by atoms with Gasteiger partial charge in [0.2, 0.25) is 0 Å². The van der Waals surface area contributed by atoms with Crippen LogP contribution in [0.2, 0.25) is 0 Å². The summed E-state index contributed by atoms with van der Waals surface area (Å²) in [6, 6.07) is 17.7. The predicted octanol–water partition coefficient (Wildman–Crippen LogP) is 4.02. The SMILES string of the molecule is CCOC(=O)c1nc2ccccc2nc1NCC(C)c1ccccc1. The molecule has 0 aliphatic heterocycles. The van der Waals surface area contributed by atoms with Crippen LogP contribution in [0.4, 0.5) is 5.82 Å². The van der Waals surface area contributed by atoms with E-state index in [2.05, 4.69) is 34.3 Å². The molecular formula is C20H21N3O2. The molecule has 1 heterocycles. The van der Waals surface area contributed by atoms with Crippen LogP contribution < -0.4 is 5.32 Å². The molecular weight excluding hydrogens is 314 g/mol. The number of carbonyl (C=O) groups excluding carboxylic acids is 1. The summed E-state index contributed by atoms with van der Waals surface area (Å²) in [7, 11) is 0. The summed E-state index contributed by atoms with van der Waals surface area (Å²) < 4.78 is 5.13. The fourth-order valence-corrected chi connectivity index (χ4v) is 2.61. The largest absolute Gasteiger partial charge is 0.461 e. The van der Waals surface area contributed by atoms with Crippen molar-refractivity contribution in [2.75, 3.05) is 18.5 Å². The van der Waals surface area contributed by atoms with Gasteiger partial charge in [-0.2, -0.15) is 0 Å². The lowest BCUT2D eigenvalue weighted by atomic mass is 10.0. The van der Waals surface area contributed by atoms with Crippen LogP contribution in [0.3, 0.4) is 0 Å². The van der Waals surface area contributed by atoms with Crippen LogP contribution in [-0.2, 0) is 4.74 Å². The number of ether oxygens (including phenoxy) is 1. The highest BCUT2D eigenvalue weighted by molar-refractivity contribution is 5.95. The highest BCUT2D eigenvalue weighted by Crippen LogP contribution is 2.20. The van der Waals surface area contributed by atoms with Gasteiger partial charge in [-0.3, -0.25) is 0 Å². The van der Waals surface area contributed by atoms with Crippen molar-refractivity contribution in [3.05, 3.63) is 65.9 Å². The first-order valence-corrected chi connectivity index (χ1v) is 8.41. The van der Waals surface area contributed by atoms with E-state index < -0.39 is 5.97 Å². The van der Waals surface area contributed by atoms with Crippen molar-refractivity contribution in [1.29, 1.82) is 0 Å². The molecule has 1 unspecified atom stereocenters. The first-order chi connectivity index (χ1) is 12.2. The van der Waals surface area contributed by atoms with Crippen LogP contribution in [0.15, 0.2) is 54.6 Å². The molecule has 25 heavy (non-hydrogen) atoms. The molecule has 0 bridgehead atoms. The zero-order valence-electron chi connectivity index (χ0n) is 14.4. The fourth-order valence-electron chi connectivity index (χ4n) is 2.61. The number of rotatable bonds is 6. The number of aromatic nitrogens is 2. The van der Waals surface area contributed by atoms with Gasteiger partial charge in [-0.1, -0.05) is 49.4 Å². The minimum atomic E-state index is -0.462. The lowest BCUT2D eigenvalue weighted by molar-refractivity contribution is 0.0521. The molecule has 0 saturated carbocycles. The smallest absolute Gasteiger partial charge is 0.360 e. The van der Waals surface area contributed by atoms with Gasteiger partial charge in [0, 0.05) is 6.54 Å². The maximum atomic E-state index is 12.3. The van der Waals surface area contributed by atoms with Crippen molar-refractivity contribution in [3.63, 3.8) is 0 Å². The van der Waals surface area contributed by atoms with Crippen LogP contribution in [0.25, 0.3) is 11.0 Å². The highest BCUT2D eigenvalue weighted by atomic mass is 16.5. The molecule has 2 aromatic carbocycles. The number of nitrogens with one attached hydrogen (secondary N) is 1. The zero-order chi connectivity index (χ0) is 17.6. The number of nitrogens with zero attached hydrogens (tertiary/aromatic N) is 2. The average Bonchev–Trinajstić information content (AvgIpc) is 2.66. The third-order valence-electron chi connectivity index (χ3n) is 3.98. The zero-order valence-corrected chi connectivity index (χ0v) is 14.4. The standard InChI is InChI=1S/C20H21N3O2/c1-3-25-20(24)18-19(23-17-12-8-7-11-16(17)22-18)21-13-14(2)15-9-5-4-6-10-15/h4-12,14H,3,13H2,1-2H3,(H,21,23). The fraction of sp³-hybridized carbons (Fsp3) is 0.250. The Bertz CT molecular complexity index is 865. The van der Waals surface area contributed by atoms with E-state index in [9.17, 15) is 4.79 Å². The molecule has 0 spiro atoms. The number of hydrogen-bond donors (Lipinski definition) is 1. The molecule has 5 heteroatoms. The molecule has 3 rings (SSSR count). The molecule has 3 aromatic rings. The van der Waals surface area contributed by atoms with Crippen LogP contribution in [0.1, 0.15) is 35.8 Å². The van der Waals surface area contributed by atoms with E-state index in [4.69, 9.17) is 4.74 Å². The summed E-state index contributed by atoms with van der Waals surface area (Å²) in [5.74, 6) is 0.264. The second-order valence-corrected chi connectivity index (χ2v) is 5.82. The summed E-state index contributed by atoms with van der Waals surface area (Å²) in [6.45, 7) is 4.84. The second kappa shape index (κ2) is 7.75. The first kappa shape index (κ1) is 16.9. The quantitative estimate of drug-likeness (QED) is 0.689. The van der Waals surface area contributed by atoms with E-state index in [0.717, 1.165) is 5.52 Å². The van der Waals surface area contributed by atoms with E-state index in [0.29, 0.717) is 24.5 Å². The topological polar surface area (TPSA) is 64.1 Å². The molecule has 0 fully saturated rings. The number of esters is 1. The number of carbonyl (C=O) groups is 1. The number of para-hydroxylation sites is 2. The third kappa shape index (κ3) is 3.94. The van der Waals surface area contributed by atoms with Gasteiger partial charge in [0.15, 0.2) is 11.5 Å². The van der Waals surface area contributed by atoms with Crippen LogP contribution in [0, 0.1) is 0 Å². The van der Waals surface area contributed by atoms with Crippen LogP contribution >= 0.6 is 0 Å². The van der Waals surface area contributed by atoms with Crippen molar-refractivity contribution >= 4 is 22.8 Å². The van der Waals surface area contributed by atoms with Gasteiger partial charge in [-0.25, -0.2) is 14.8 Å². The summed E-state index contributed by atoms with van der Waals surface area (Å²) in [5, 5.41) is 3.27. The molecule has 128 valence electrons. The Balaban J connectivity index is 1.88. The number of anilines is 1. The Morgan fingerprint density at radius 2 is 1.68 bits per heavy atom. The van der Waals surface area contributed by atoms with Gasteiger partial charge >= 0.3 is 5.97 Å². The Labute approximate surface area is 147 Å². The maximum absolute atomic E-state index is 12.3. The average molecular weight is 335 g/mol. The molecule has 0 aliphatic rings. The molecule has 0 amide bonds. The van der Waals surface area contributed by atoms with Crippen molar-refractivity contribution in [2.45, 2.75) is 19.8 Å². The molecule has 0 radical (unpaired) electrons. The van der Waals surface area contributed by atoms with Gasteiger partial charge in [0.05, 0.1) is 17.6 Å². The van der Waals surface area contributed by atoms with Crippen LogP contribution in [0.5, 0.6) is 0 Å². The van der Waals surface area contributed by atoms with Crippen molar-refractivity contribution < 1.29 is 9.53 Å². The lowest BCUT2D eigenvalue weighted by Gasteiger charge is -2.15. The van der Waals surface area contributed by atoms with E-state index >= 15 is 0 Å². The van der Waals surface area contributed by atoms with Crippen molar-refractivity contribution in [1.82, 2.24) is 9.97 Å². The van der Waals surface area contributed by atoms with E-state index in [1.54, 1.807) is 6.92 Å². The predicted molar refractivity (Wildman–Crippen MR) is 98.8 cm³/mol. The third-order valence-corrected chi connectivity index (χ3v) is 3.98. The Kier molecular flexibility index (Phi) is 5.23. The van der Waals surface area contributed by atoms with E-state index in [-0.39, 0.29) is 11.6 Å². The molecule has 5 nitrogen and oxygen atoms in total. The van der Waals surface area contributed by atoms with Crippen LogP contribution in [-0.4, -0.2) is 29.1 Å². The van der Waals surface area contributed by atoms with Gasteiger partial charge in [0.25, 0.3) is 0 Å². The van der Waals surface area contributed by atoms with Gasteiger partial charge in [0.1, 0.15) is 0 Å². The summed E-state index contributed by atoms with van der Waals surface area (Å²) >= 11 is 0. The minimum absolute atomic E-state index is 0.223. The molecule has 1 atom stereocenters. The molecule has 0 aliphatic carbocycles. The molecule has 1 aromatic heterocycles. The molecule has 0 saturated heterocycles. The summed E-state index contributed by atoms with van der Waals surface area (Å²) in [6.07, 6.45) is 0. The normalized spacial score (nSPS) is 11.9. The summed E-state index contributed by atoms with van der Waals surface area (Å²) in [4.78, 5) is 21.3. The van der Waals surface area contributed by atoms with Gasteiger partial charge in [-0.15, -0.1) is 0 Å². The van der Waals surface area contributed by atoms with Gasteiger partial charge in [-0.05, 0) is 30.5 Å². The maximum Gasteiger partial charge on any atom is 0.360 e. The second-order valence-electron chi connectivity index (χ2n) is 5.82. The Morgan fingerprint density at radius 3 is 2.36 bits per heavy atom. The van der Waals surface area contributed by atoms with Crippen molar-refractivity contribution in [3.8, 4) is 0 Å². The van der Waals surface area contributed by atoms with E-state index in [1.807, 2.05) is 42.5 Å². The Morgan fingerprint density at radius 1 is 1.04 bits per heavy atom. The number of hydrogen-bond acceptors (Lipinski definition) is 5. The highest BCUT2D eigenvalue weighted by Gasteiger charge is 2.18. The lowest BCUT2D eigenvalue weighted by Crippen LogP contribution is -2.17. The monoisotopic (exact) mass is 335 g/mol. The Hall–Kier alpha value is -2.95. The number of benzene rings is 2. The number of fused-ring (bicyclic) bond motifs is 1. The first-order valence-electron chi connectivity index (χ1n) is 8.41. The van der Waals surface area contributed by atoms with Gasteiger partial charge < -0.3 is 10.1 Å². The van der Waals surface area contributed by atoms with Crippen molar-refractivity contribution in [2.24, 2.45) is 0 Å². The molecule has 1 N–H and O–H groups in total.